The van der Waals surface area contributed by atoms with Gasteiger partial charge in [-0.25, -0.2) is 4.98 Å². The number of hydrogen-bond acceptors (Lipinski definition) is 5. The molecule has 3 N–H and O–H groups in total. The van der Waals surface area contributed by atoms with Gasteiger partial charge in [0, 0.05) is 35.2 Å². The monoisotopic (exact) mass is 375 g/mol. The molecule has 2 aromatic carbocycles. The third-order valence-electron chi connectivity index (χ3n) is 4.24. The van der Waals surface area contributed by atoms with E-state index in [0.29, 0.717) is 11.5 Å². The number of carbonyl (C=O) groups excluding carboxylic acids is 1. The molecule has 1 aromatic heterocycles. The highest BCUT2D eigenvalue weighted by molar-refractivity contribution is 6.05. The second-order valence-electron chi connectivity index (χ2n) is 6.72. The van der Waals surface area contributed by atoms with Crippen molar-refractivity contribution >= 4 is 29.0 Å². The summed E-state index contributed by atoms with van der Waals surface area (Å²) in [6.45, 7) is 8.61. The summed E-state index contributed by atoms with van der Waals surface area (Å²) < 4.78 is 0. The molecule has 6 nitrogen and oxygen atoms in total. The number of benzene rings is 2. The summed E-state index contributed by atoms with van der Waals surface area (Å²) >= 11 is 0. The van der Waals surface area contributed by atoms with E-state index in [4.69, 9.17) is 0 Å². The first-order valence-electron chi connectivity index (χ1n) is 9.30. The fourth-order valence-electron chi connectivity index (χ4n) is 2.83. The topological polar surface area (TPSA) is 78.9 Å². The zero-order valence-electron chi connectivity index (χ0n) is 16.6. The Bertz CT molecular complexity index is 983. The van der Waals surface area contributed by atoms with Crippen LogP contribution in [-0.2, 0) is 0 Å². The SMILES string of the molecule is CCNc1nc(C)cc(Nc2ccc(NC(=O)c3cc(C)ccc3C)cc2)n1. The van der Waals surface area contributed by atoms with Crippen molar-refractivity contribution in [2.75, 3.05) is 22.5 Å². The van der Waals surface area contributed by atoms with Gasteiger partial charge in [0.1, 0.15) is 5.82 Å². The smallest absolute Gasteiger partial charge is 0.255 e. The summed E-state index contributed by atoms with van der Waals surface area (Å²) in [7, 11) is 0. The molecule has 0 spiro atoms. The number of aromatic nitrogens is 2. The Kier molecular flexibility index (Phi) is 5.89. The minimum atomic E-state index is -0.108. The van der Waals surface area contributed by atoms with Crippen LogP contribution in [0.15, 0.2) is 48.5 Å². The highest BCUT2D eigenvalue weighted by atomic mass is 16.1. The Morgan fingerprint density at radius 1 is 0.929 bits per heavy atom. The van der Waals surface area contributed by atoms with Crippen LogP contribution in [0.25, 0.3) is 0 Å². The summed E-state index contributed by atoms with van der Waals surface area (Å²) in [6.07, 6.45) is 0. The van der Waals surface area contributed by atoms with Gasteiger partial charge in [0.25, 0.3) is 5.91 Å². The second-order valence-corrected chi connectivity index (χ2v) is 6.72. The molecule has 0 saturated carbocycles. The second kappa shape index (κ2) is 8.52. The zero-order chi connectivity index (χ0) is 20.1. The first-order valence-corrected chi connectivity index (χ1v) is 9.30. The maximum absolute atomic E-state index is 12.5. The molecule has 0 radical (unpaired) electrons. The molecule has 0 fully saturated rings. The molecule has 144 valence electrons. The molecule has 0 saturated heterocycles. The Morgan fingerprint density at radius 2 is 1.64 bits per heavy atom. The summed E-state index contributed by atoms with van der Waals surface area (Å²) in [6, 6.07) is 15.3. The van der Waals surface area contributed by atoms with E-state index in [2.05, 4.69) is 25.9 Å². The van der Waals surface area contributed by atoms with Gasteiger partial charge < -0.3 is 16.0 Å². The normalized spacial score (nSPS) is 10.4. The molecule has 0 aliphatic heterocycles. The molecule has 1 amide bonds. The van der Waals surface area contributed by atoms with Crippen LogP contribution in [0.3, 0.4) is 0 Å². The predicted molar refractivity (Wildman–Crippen MR) is 115 cm³/mol. The molecule has 0 atom stereocenters. The fourth-order valence-corrected chi connectivity index (χ4v) is 2.83. The summed E-state index contributed by atoms with van der Waals surface area (Å²) in [5.74, 6) is 1.21. The molecule has 0 aliphatic rings. The highest BCUT2D eigenvalue weighted by Gasteiger charge is 2.10. The van der Waals surface area contributed by atoms with Crippen molar-refractivity contribution < 1.29 is 4.79 Å². The van der Waals surface area contributed by atoms with Gasteiger partial charge in [0.05, 0.1) is 0 Å². The molecule has 6 heteroatoms. The van der Waals surface area contributed by atoms with Crippen LogP contribution in [0.1, 0.15) is 34.1 Å². The number of hydrogen-bond donors (Lipinski definition) is 3. The highest BCUT2D eigenvalue weighted by Crippen LogP contribution is 2.20. The third-order valence-corrected chi connectivity index (χ3v) is 4.24. The van der Waals surface area contributed by atoms with Crippen molar-refractivity contribution in [2.45, 2.75) is 27.7 Å². The molecule has 1 heterocycles. The summed E-state index contributed by atoms with van der Waals surface area (Å²) in [5.41, 5.74) is 5.21. The van der Waals surface area contributed by atoms with Crippen molar-refractivity contribution in [1.29, 1.82) is 0 Å². The summed E-state index contributed by atoms with van der Waals surface area (Å²) in [4.78, 5) is 21.3. The number of amides is 1. The van der Waals surface area contributed by atoms with Crippen molar-refractivity contribution in [2.24, 2.45) is 0 Å². The van der Waals surface area contributed by atoms with E-state index in [1.165, 1.54) is 0 Å². The maximum atomic E-state index is 12.5. The lowest BCUT2D eigenvalue weighted by Crippen LogP contribution is -2.13. The van der Waals surface area contributed by atoms with Crippen molar-refractivity contribution in [3.63, 3.8) is 0 Å². The molecule has 3 rings (SSSR count). The average Bonchev–Trinajstić information content (AvgIpc) is 2.65. The molecule has 0 aliphatic carbocycles. The minimum absolute atomic E-state index is 0.108. The first-order chi connectivity index (χ1) is 13.4. The lowest BCUT2D eigenvalue weighted by Gasteiger charge is -2.11. The minimum Gasteiger partial charge on any atom is -0.354 e. The molecule has 3 aromatic rings. The van der Waals surface area contributed by atoms with Crippen LogP contribution in [0.2, 0.25) is 0 Å². The number of carbonyl (C=O) groups is 1. The van der Waals surface area contributed by atoms with Gasteiger partial charge in [-0.1, -0.05) is 17.7 Å². The van der Waals surface area contributed by atoms with E-state index in [1.54, 1.807) is 0 Å². The standard InChI is InChI=1S/C22H25N5O/c1-5-23-22-24-16(4)13-20(27-22)25-17-8-10-18(11-9-17)26-21(28)19-12-14(2)6-7-15(19)3/h6-13H,5H2,1-4H3,(H,26,28)(H2,23,24,25,27). The molecular formula is C22H25N5O. The van der Waals surface area contributed by atoms with Gasteiger partial charge in [-0.2, -0.15) is 4.98 Å². The van der Waals surface area contributed by atoms with Crippen molar-refractivity contribution in [3.8, 4) is 0 Å². The summed E-state index contributed by atoms with van der Waals surface area (Å²) in [5, 5.41) is 9.34. The lowest BCUT2D eigenvalue weighted by molar-refractivity contribution is 0.102. The average molecular weight is 375 g/mol. The van der Waals surface area contributed by atoms with Crippen LogP contribution in [0.5, 0.6) is 0 Å². The van der Waals surface area contributed by atoms with Gasteiger partial charge in [-0.3, -0.25) is 4.79 Å². The van der Waals surface area contributed by atoms with Crippen LogP contribution in [0.4, 0.5) is 23.1 Å². The molecule has 28 heavy (non-hydrogen) atoms. The van der Waals surface area contributed by atoms with E-state index in [9.17, 15) is 4.79 Å². The Labute approximate surface area is 165 Å². The van der Waals surface area contributed by atoms with Crippen LogP contribution in [0, 0.1) is 20.8 Å². The van der Waals surface area contributed by atoms with Crippen LogP contribution in [-0.4, -0.2) is 22.4 Å². The van der Waals surface area contributed by atoms with Crippen molar-refractivity contribution in [1.82, 2.24) is 9.97 Å². The van der Waals surface area contributed by atoms with Gasteiger partial charge in [-0.05, 0) is 63.6 Å². The van der Waals surface area contributed by atoms with E-state index in [-0.39, 0.29) is 5.91 Å². The molecule has 0 unspecified atom stereocenters. The number of rotatable bonds is 6. The Morgan fingerprint density at radius 3 is 2.36 bits per heavy atom. The van der Waals surface area contributed by atoms with E-state index in [1.807, 2.05) is 76.2 Å². The third kappa shape index (κ3) is 4.85. The number of anilines is 4. The molecular weight excluding hydrogens is 350 g/mol. The Hall–Kier alpha value is -3.41. The quantitative estimate of drug-likeness (QED) is 0.575. The number of aryl methyl sites for hydroxylation is 3. The van der Waals surface area contributed by atoms with Crippen LogP contribution >= 0.6 is 0 Å². The zero-order valence-corrected chi connectivity index (χ0v) is 16.6. The number of nitrogens with one attached hydrogen (secondary N) is 3. The van der Waals surface area contributed by atoms with E-state index in [0.717, 1.165) is 40.6 Å². The van der Waals surface area contributed by atoms with Gasteiger partial charge in [0.15, 0.2) is 0 Å². The van der Waals surface area contributed by atoms with Gasteiger partial charge >= 0.3 is 0 Å². The van der Waals surface area contributed by atoms with E-state index < -0.39 is 0 Å². The van der Waals surface area contributed by atoms with E-state index >= 15 is 0 Å². The maximum Gasteiger partial charge on any atom is 0.255 e. The van der Waals surface area contributed by atoms with Gasteiger partial charge in [0.2, 0.25) is 5.95 Å². The van der Waals surface area contributed by atoms with Crippen molar-refractivity contribution in [3.05, 3.63) is 70.9 Å². The first kappa shape index (κ1) is 19.4. The van der Waals surface area contributed by atoms with Crippen LogP contribution < -0.4 is 16.0 Å². The predicted octanol–water partition coefficient (Wildman–Crippen LogP) is 4.83. The van der Waals surface area contributed by atoms with Gasteiger partial charge in [-0.15, -0.1) is 0 Å². The Balaban J connectivity index is 1.70. The lowest BCUT2D eigenvalue weighted by atomic mass is 10.1. The fraction of sp³-hybridized carbons (Fsp3) is 0.227. The molecule has 0 bridgehead atoms. The largest absolute Gasteiger partial charge is 0.354 e. The number of nitrogens with zero attached hydrogens (tertiary/aromatic N) is 2.